The molecule has 0 saturated heterocycles. The van der Waals surface area contributed by atoms with Crippen molar-refractivity contribution < 1.29 is 14.6 Å². The van der Waals surface area contributed by atoms with Gasteiger partial charge in [-0.15, -0.1) is 11.6 Å². The molecule has 0 radical (unpaired) electrons. The third-order valence-electron chi connectivity index (χ3n) is 4.89. The van der Waals surface area contributed by atoms with Gasteiger partial charge in [-0.3, -0.25) is 4.79 Å². The Morgan fingerprint density at radius 2 is 1.39 bits per heavy atom. The Hall–Kier alpha value is -3.04. The van der Waals surface area contributed by atoms with Gasteiger partial charge >= 0.3 is 5.97 Å². The fraction of sp³-hybridized carbons (Fsp3) is 0.222. The maximum atomic E-state index is 12.2. The number of phenols is 1. The molecule has 3 aromatic carbocycles. The van der Waals surface area contributed by atoms with Crippen LogP contribution in [0.15, 0.2) is 78.9 Å². The standard InChI is InChI=1S/C27H27ClO3/c1-27(2,3)26(30)31-23-15-11-19(12-16-23)24(17-18-28)25(20-7-5-4-6-8-20)21-9-13-22(29)14-10-21/h4-16,29H,17-18H2,1-3H3/b25-24-. The van der Waals surface area contributed by atoms with Crippen molar-refractivity contribution in [2.45, 2.75) is 27.2 Å². The van der Waals surface area contributed by atoms with E-state index in [1.54, 1.807) is 12.1 Å². The number of hydrogen-bond acceptors (Lipinski definition) is 3. The van der Waals surface area contributed by atoms with Crippen molar-refractivity contribution >= 4 is 28.7 Å². The number of hydrogen-bond donors (Lipinski definition) is 1. The van der Waals surface area contributed by atoms with Crippen LogP contribution in [-0.4, -0.2) is 17.0 Å². The lowest BCUT2D eigenvalue weighted by Gasteiger charge is -2.18. The summed E-state index contributed by atoms with van der Waals surface area (Å²) in [5.41, 5.74) is 4.63. The predicted molar refractivity (Wildman–Crippen MR) is 127 cm³/mol. The Labute approximate surface area is 189 Å². The van der Waals surface area contributed by atoms with Gasteiger partial charge in [0.15, 0.2) is 0 Å². The van der Waals surface area contributed by atoms with Crippen LogP contribution in [0.5, 0.6) is 11.5 Å². The molecule has 3 aromatic rings. The molecule has 0 saturated carbocycles. The van der Waals surface area contributed by atoms with E-state index in [1.807, 2.05) is 75.4 Å². The predicted octanol–water partition coefficient (Wildman–Crippen LogP) is 6.93. The lowest BCUT2D eigenvalue weighted by Crippen LogP contribution is -2.25. The van der Waals surface area contributed by atoms with Crippen LogP contribution in [0.1, 0.15) is 43.9 Å². The zero-order valence-corrected chi connectivity index (χ0v) is 18.8. The van der Waals surface area contributed by atoms with Gasteiger partial charge in [0, 0.05) is 5.88 Å². The van der Waals surface area contributed by atoms with Crippen molar-refractivity contribution in [2.75, 3.05) is 5.88 Å². The number of rotatable bonds is 6. The van der Waals surface area contributed by atoms with E-state index in [-0.39, 0.29) is 11.7 Å². The number of aromatic hydroxyl groups is 1. The summed E-state index contributed by atoms with van der Waals surface area (Å²) in [5.74, 6) is 0.926. The van der Waals surface area contributed by atoms with Crippen LogP contribution in [0, 0.1) is 5.41 Å². The molecular formula is C27H27ClO3. The summed E-state index contributed by atoms with van der Waals surface area (Å²) >= 11 is 6.20. The topological polar surface area (TPSA) is 46.5 Å². The number of benzene rings is 3. The van der Waals surface area contributed by atoms with E-state index in [0.717, 1.165) is 27.8 Å². The van der Waals surface area contributed by atoms with Crippen molar-refractivity contribution in [1.29, 1.82) is 0 Å². The van der Waals surface area contributed by atoms with Crippen LogP contribution < -0.4 is 4.74 Å². The fourth-order valence-corrected chi connectivity index (χ4v) is 3.43. The number of halogens is 1. The van der Waals surface area contributed by atoms with E-state index in [0.29, 0.717) is 18.1 Å². The van der Waals surface area contributed by atoms with Gasteiger partial charge in [0.25, 0.3) is 0 Å². The van der Waals surface area contributed by atoms with E-state index < -0.39 is 5.41 Å². The van der Waals surface area contributed by atoms with Gasteiger partial charge in [-0.25, -0.2) is 0 Å². The quantitative estimate of drug-likeness (QED) is 0.198. The van der Waals surface area contributed by atoms with Gasteiger partial charge < -0.3 is 9.84 Å². The molecule has 31 heavy (non-hydrogen) atoms. The third kappa shape index (κ3) is 5.77. The summed E-state index contributed by atoms with van der Waals surface area (Å²) in [6, 6.07) is 24.8. The second-order valence-electron chi connectivity index (χ2n) is 8.37. The van der Waals surface area contributed by atoms with Crippen molar-refractivity contribution in [3.05, 3.63) is 95.6 Å². The molecule has 0 heterocycles. The van der Waals surface area contributed by atoms with E-state index in [9.17, 15) is 9.90 Å². The van der Waals surface area contributed by atoms with Crippen LogP contribution in [0.2, 0.25) is 0 Å². The molecule has 0 unspecified atom stereocenters. The second kappa shape index (κ2) is 9.84. The summed E-state index contributed by atoms with van der Waals surface area (Å²) in [7, 11) is 0. The number of ether oxygens (including phenoxy) is 1. The molecule has 0 amide bonds. The summed E-state index contributed by atoms with van der Waals surface area (Å²) in [5, 5.41) is 9.75. The molecule has 3 rings (SSSR count). The molecule has 4 heteroatoms. The Morgan fingerprint density at radius 3 is 1.94 bits per heavy atom. The first kappa shape index (κ1) is 22.6. The first-order valence-corrected chi connectivity index (χ1v) is 10.8. The minimum Gasteiger partial charge on any atom is -0.508 e. The lowest BCUT2D eigenvalue weighted by molar-refractivity contribution is -0.142. The van der Waals surface area contributed by atoms with Crippen LogP contribution in [-0.2, 0) is 4.79 Å². The van der Waals surface area contributed by atoms with Gasteiger partial charge in [0.05, 0.1) is 5.41 Å². The molecule has 160 valence electrons. The molecule has 0 fully saturated rings. The van der Waals surface area contributed by atoms with Crippen LogP contribution in [0.3, 0.4) is 0 Å². The number of alkyl halides is 1. The highest BCUT2D eigenvalue weighted by Gasteiger charge is 2.23. The number of phenolic OH excluding ortho intramolecular Hbond substituents is 1. The molecule has 0 atom stereocenters. The number of carbonyl (C=O) groups excluding carboxylic acids is 1. The molecule has 1 N–H and O–H groups in total. The highest BCUT2D eigenvalue weighted by atomic mass is 35.5. The summed E-state index contributed by atoms with van der Waals surface area (Å²) in [6.45, 7) is 5.48. The minimum atomic E-state index is -0.568. The molecule has 3 nitrogen and oxygen atoms in total. The van der Waals surface area contributed by atoms with Crippen molar-refractivity contribution in [3.63, 3.8) is 0 Å². The van der Waals surface area contributed by atoms with Crippen LogP contribution in [0.4, 0.5) is 0 Å². The number of esters is 1. The average molecular weight is 435 g/mol. The molecule has 0 aromatic heterocycles. The maximum Gasteiger partial charge on any atom is 0.316 e. The van der Waals surface area contributed by atoms with Gasteiger partial charge in [-0.2, -0.15) is 0 Å². The smallest absolute Gasteiger partial charge is 0.316 e. The Kier molecular flexibility index (Phi) is 7.19. The minimum absolute atomic E-state index is 0.222. The van der Waals surface area contributed by atoms with E-state index >= 15 is 0 Å². The van der Waals surface area contributed by atoms with E-state index in [2.05, 4.69) is 12.1 Å². The second-order valence-corrected chi connectivity index (χ2v) is 8.75. The maximum absolute atomic E-state index is 12.2. The molecule has 0 bridgehead atoms. The van der Waals surface area contributed by atoms with Crippen molar-refractivity contribution in [2.24, 2.45) is 5.41 Å². The van der Waals surface area contributed by atoms with Crippen LogP contribution >= 0.6 is 11.6 Å². The molecule has 0 spiro atoms. The highest BCUT2D eigenvalue weighted by Crippen LogP contribution is 2.36. The summed E-state index contributed by atoms with van der Waals surface area (Å²) < 4.78 is 5.51. The SMILES string of the molecule is CC(C)(C)C(=O)Oc1ccc(/C(CCCl)=C(/c2ccccc2)c2ccc(O)cc2)cc1. The third-order valence-corrected chi connectivity index (χ3v) is 5.08. The first-order valence-electron chi connectivity index (χ1n) is 10.3. The first-order chi connectivity index (χ1) is 14.8. The van der Waals surface area contributed by atoms with E-state index in [1.165, 1.54) is 0 Å². The lowest BCUT2D eigenvalue weighted by atomic mass is 9.88. The summed E-state index contributed by atoms with van der Waals surface area (Å²) in [6.07, 6.45) is 0.661. The molecule has 0 aliphatic carbocycles. The molecular weight excluding hydrogens is 408 g/mol. The normalized spacial score (nSPS) is 12.3. The van der Waals surface area contributed by atoms with Gasteiger partial charge in [-0.1, -0.05) is 54.6 Å². The number of allylic oxidation sites excluding steroid dienone is 1. The highest BCUT2D eigenvalue weighted by molar-refractivity contribution is 6.18. The zero-order valence-electron chi connectivity index (χ0n) is 18.1. The van der Waals surface area contributed by atoms with Gasteiger partial charge in [-0.05, 0) is 79.3 Å². The Bertz CT molecular complexity index is 1040. The van der Waals surface area contributed by atoms with Gasteiger partial charge in [0.2, 0.25) is 0 Å². The van der Waals surface area contributed by atoms with Crippen LogP contribution in [0.25, 0.3) is 11.1 Å². The monoisotopic (exact) mass is 434 g/mol. The van der Waals surface area contributed by atoms with E-state index in [4.69, 9.17) is 16.3 Å². The zero-order chi connectivity index (χ0) is 22.4. The fourth-order valence-electron chi connectivity index (χ4n) is 3.24. The molecule has 0 aliphatic rings. The Balaban J connectivity index is 2.09. The van der Waals surface area contributed by atoms with Crippen molar-refractivity contribution in [3.8, 4) is 11.5 Å². The average Bonchev–Trinajstić information content (AvgIpc) is 2.75. The number of carbonyl (C=O) groups is 1. The van der Waals surface area contributed by atoms with Crippen molar-refractivity contribution in [1.82, 2.24) is 0 Å². The summed E-state index contributed by atoms with van der Waals surface area (Å²) in [4.78, 5) is 12.2. The Morgan fingerprint density at radius 1 is 0.839 bits per heavy atom. The van der Waals surface area contributed by atoms with Gasteiger partial charge in [0.1, 0.15) is 11.5 Å². The largest absolute Gasteiger partial charge is 0.508 e. The molecule has 0 aliphatic heterocycles.